The van der Waals surface area contributed by atoms with Crippen LogP contribution in [0.2, 0.25) is 15.1 Å². The third kappa shape index (κ3) is 4.17. The summed E-state index contributed by atoms with van der Waals surface area (Å²) in [6.07, 6.45) is 0. The van der Waals surface area contributed by atoms with Gasteiger partial charge in [0.25, 0.3) is 5.69 Å². The van der Waals surface area contributed by atoms with Crippen LogP contribution < -0.4 is 10.2 Å². The minimum Gasteiger partial charge on any atom is -0.423 e. The van der Waals surface area contributed by atoms with Gasteiger partial charge in [-0.1, -0.05) is 34.8 Å². The molecular formula is C13H7BCl3NO6. The Hall–Kier alpha value is -1.84. The fraction of sp³-hybridized carbons (Fsp3) is 0. The van der Waals surface area contributed by atoms with Crippen LogP contribution in [0.1, 0.15) is 10.4 Å². The highest BCUT2D eigenvalue weighted by molar-refractivity contribution is 6.58. The summed E-state index contributed by atoms with van der Waals surface area (Å²) in [6.45, 7) is 0. The molecule has 0 saturated heterocycles. The molecule has 0 spiro atoms. The zero-order valence-electron chi connectivity index (χ0n) is 11.6. The van der Waals surface area contributed by atoms with E-state index >= 15 is 0 Å². The number of nitro groups is 1. The molecule has 2 aromatic carbocycles. The number of nitrogens with zero attached hydrogens (tertiary/aromatic N) is 1. The summed E-state index contributed by atoms with van der Waals surface area (Å²) in [5, 5.41) is 29.4. The van der Waals surface area contributed by atoms with E-state index in [-0.39, 0.29) is 31.8 Å². The van der Waals surface area contributed by atoms with Crippen LogP contribution >= 0.6 is 34.8 Å². The Bertz CT molecular complexity index is 806. The van der Waals surface area contributed by atoms with Gasteiger partial charge in [0.15, 0.2) is 5.75 Å². The molecule has 7 nitrogen and oxygen atoms in total. The number of ether oxygens (including phenoxy) is 1. The van der Waals surface area contributed by atoms with Crippen LogP contribution in [0, 0.1) is 10.1 Å². The number of hydrogen-bond donors (Lipinski definition) is 2. The second kappa shape index (κ2) is 7.37. The minimum absolute atomic E-state index is 0.0336. The number of nitro benzene ring substituents is 1. The SMILES string of the molecule is O=C(Oc1c(Cl)cc(Cl)cc1Cl)c1cc(B(O)O)cc([N+](=O)[O-])c1. The average molecular weight is 390 g/mol. The summed E-state index contributed by atoms with van der Waals surface area (Å²) in [4.78, 5) is 22.3. The molecule has 0 fully saturated rings. The molecule has 0 saturated carbocycles. The average Bonchev–Trinajstić information content (AvgIpc) is 2.49. The van der Waals surface area contributed by atoms with Crippen molar-refractivity contribution in [2.24, 2.45) is 0 Å². The highest BCUT2D eigenvalue weighted by Crippen LogP contribution is 2.36. The third-order valence-electron chi connectivity index (χ3n) is 2.84. The highest BCUT2D eigenvalue weighted by atomic mass is 35.5. The molecular weight excluding hydrogens is 383 g/mol. The number of halogens is 3. The van der Waals surface area contributed by atoms with Crippen LogP contribution in [0.4, 0.5) is 5.69 Å². The molecule has 2 N–H and O–H groups in total. The Morgan fingerprint density at radius 2 is 1.67 bits per heavy atom. The molecule has 124 valence electrons. The van der Waals surface area contributed by atoms with E-state index in [1.807, 2.05) is 0 Å². The Balaban J connectivity index is 2.42. The Morgan fingerprint density at radius 3 is 2.17 bits per heavy atom. The number of non-ortho nitro benzene ring substituents is 1. The van der Waals surface area contributed by atoms with Gasteiger partial charge in [0, 0.05) is 17.2 Å². The fourth-order valence-electron chi connectivity index (χ4n) is 1.79. The van der Waals surface area contributed by atoms with E-state index in [4.69, 9.17) is 49.6 Å². The molecule has 24 heavy (non-hydrogen) atoms. The maximum absolute atomic E-state index is 12.2. The standard InChI is InChI=1S/C13H7BCl3NO6/c15-8-4-10(16)12(11(17)5-8)24-13(19)6-1-7(14(20)21)3-9(2-6)18(22)23/h1-5,20-21H. The first kappa shape index (κ1) is 18.5. The van der Waals surface area contributed by atoms with Crippen LogP contribution in [0.5, 0.6) is 5.75 Å². The number of benzene rings is 2. The maximum atomic E-state index is 12.2. The molecule has 0 radical (unpaired) electrons. The van der Waals surface area contributed by atoms with E-state index in [1.54, 1.807) is 0 Å². The largest absolute Gasteiger partial charge is 0.488 e. The normalized spacial score (nSPS) is 10.4. The lowest BCUT2D eigenvalue weighted by Crippen LogP contribution is -2.31. The first-order chi connectivity index (χ1) is 11.2. The lowest BCUT2D eigenvalue weighted by atomic mass is 9.79. The van der Waals surface area contributed by atoms with Crippen LogP contribution in [0.15, 0.2) is 30.3 Å². The second-order valence-electron chi connectivity index (χ2n) is 4.53. The smallest absolute Gasteiger partial charge is 0.423 e. The fourth-order valence-corrected chi connectivity index (χ4v) is 2.68. The molecule has 11 heteroatoms. The van der Waals surface area contributed by atoms with Gasteiger partial charge >= 0.3 is 13.1 Å². The number of esters is 1. The van der Waals surface area contributed by atoms with E-state index in [9.17, 15) is 14.9 Å². The molecule has 0 aliphatic heterocycles. The monoisotopic (exact) mass is 389 g/mol. The van der Waals surface area contributed by atoms with E-state index in [1.165, 1.54) is 12.1 Å². The number of carbonyl (C=O) groups is 1. The summed E-state index contributed by atoms with van der Waals surface area (Å²) in [5.74, 6) is -1.20. The van der Waals surface area contributed by atoms with E-state index in [0.717, 1.165) is 18.2 Å². The van der Waals surface area contributed by atoms with Crippen molar-refractivity contribution in [3.8, 4) is 5.75 Å². The van der Waals surface area contributed by atoms with Gasteiger partial charge in [-0.2, -0.15) is 0 Å². The zero-order chi connectivity index (χ0) is 18.0. The van der Waals surface area contributed by atoms with Crippen molar-refractivity contribution in [2.45, 2.75) is 0 Å². The van der Waals surface area contributed by atoms with Crippen LogP contribution in [-0.4, -0.2) is 28.1 Å². The van der Waals surface area contributed by atoms with Gasteiger partial charge < -0.3 is 14.8 Å². The van der Waals surface area contributed by atoms with E-state index in [0.29, 0.717) is 0 Å². The van der Waals surface area contributed by atoms with Gasteiger partial charge in [0.1, 0.15) is 0 Å². The van der Waals surface area contributed by atoms with E-state index in [2.05, 4.69) is 0 Å². The first-order valence-corrected chi connectivity index (χ1v) is 7.34. The topological polar surface area (TPSA) is 110 Å². The molecule has 2 aromatic rings. The maximum Gasteiger partial charge on any atom is 0.488 e. The van der Waals surface area contributed by atoms with Gasteiger partial charge in [-0.25, -0.2) is 4.79 Å². The summed E-state index contributed by atoms with van der Waals surface area (Å²) in [5.41, 5.74) is -1.04. The first-order valence-electron chi connectivity index (χ1n) is 6.21. The van der Waals surface area contributed by atoms with Crippen molar-refractivity contribution < 1.29 is 24.5 Å². The lowest BCUT2D eigenvalue weighted by Gasteiger charge is -2.09. The van der Waals surface area contributed by atoms with Gasteiger partial charge in [-0.05, 0) is 23.7 Å². The van der Waals surface area contributed by atoms with Crippen LogP contribution in [-0.2, 0) is 0 Å². The van der Waals surface area contributed by atoms with Gasteiger partial charge in [0.05, 0.1) is 20.5 Å². The van der Waals surface area contributed by atoms with Gasteiger partial charge in [-0.15, -0.1) is 0 Å². The molecule has 0 amide bonds. The van der Waals surface area contributed by atoms with Crippen molar-refractivity contribution in [1.29, 1.82) is 0 Å². The summed E-state index contributed by atoms with van der Waals surface area (Å²) in [7, 11) is -2.00. The van der Waals surface area contributed by atoms with Gasteiger partial charge in [0.2, 0.25) is 0 Å². The molecule has 0 heterocycles. The zero-order valence-corrected chi connectivity index (χ0v) is 13.8. The molecule has 0 atom stereocenters. The quantitative estimate of drug-likeness (QED) is 0.273. The molecule has 0 bridgehead atoms. The van der Waals surface area contributed by atoms with Crippen LogP contribution in [0.25, 0.3) is 0 Å². The summed E-state index contributed by atoms with van der Waals surface area (Å²) >= 11 is 17.5. The predicted octanol–water partition coefficient (Wildman–Crippen LogP) is 2.45. The number of carbonyl (C=O) groups excluding carboxylic acids is 1. The van der Waals surface area contributed by atoms with E-state index < -0.39 is 23.7 Å². The molecule has 2 rings (SSSR count). The summed E-state index contributed by atoms with van der Waals surface area (Å²) < 4.78 is 5.04. The van der Waals surface area contributed by atoms with Crippen molar-refractivity contribution in [3.05, 3.63) is 61.1 Å². The number of hydrogen-bond acceptors (Lipinski definition) is 6. The molecule has 0 aliphatic rings. The molecule has 0 aromatic heterocycles. The Kier molecular flexibility index (Phi) is 5.68. The Labute approximate surface area is 150 Å². The lowest BCUT2D eigenvalue weighted by molar-refractivity contribution is -0.384. The third-order valence-corrected chi connectivity index (χ3v) is 3.62. The predicted molar refractivity (Wildman–Crippen MR) is 89.4 cm³/mol. The second-order valence-corrected chi connectivity index (χ2v) is 5.78. The van der Waals surface area contributed by atoms with Crippen molar-refractivity contribution in [2.75, 3.05) is 0 Å². The van der Waals surface area contributed by atoms with Crippen molar-refractivity contribution >= 4 is 59.0 Å². The Morgan fingerprint density at radius 1 is 1.08 bits per heavy atom. The van der Waals surface area contributed by atoms with Gasteiger partial charge in [-0.3, -0.25) is 10.1 Å². The highest BCUT2D eigenvalue weighted by Gasteiger charge is 2.22. The number of rotatable bonds is 4. The molecule has 0 aliphatic carbocycles. The minimum atomic E-state index is -2.00. The van der Waals surface area contributed by atoms with Crippen molar-refractivity contribution in [3.63, 3.8) is 0 Å². The molecule has 0 unspecified atom stereocenters. The summed E-state index contributed by atoms with van der Waals surface area (Å²) in [6, 6.07) is 5.48. The van der Waals surface area contributed by atoms with Crippen LogP contribution in [0.3, 0.4) is 0 Å². The van der Waals surface area contributed by atoms with Crippen molar-refractivity contribution in [1.82, 2.24) is 0 Å².